The molecule has 244 valence electrons. The Morgan fingerprint density at radius 2 is 1.70 bits per heavy atom. The van der Waals surface area contributed by atoms with Crippen LogP contribution in [0.4, 0.5) is 10.1 Å². The average Bonchev–Trinajstić information content (AvgIpc) is 3.42. The second-order valence-corrected chi connectivity index (χ2v) is 13.9. The van der Waals surface area contributed by atoms with Crippen molar-refractivity contribution in [3.05, 3.63) is 83.1 Å². The number of rotatable bonds is 10. The molecule has 1 saturated heterocycles. The quantitative estimate of drug-likeness (QED) is 0.183. The normalized spacial score (nSPS) is 15.5. The molecule has 2 aromatic carbocycles. The number of anilines is 1. The number of nitrogens with zero attached hydrogens (tertiary/aromatic N) is 3. The maximum atomic E-state index is 13.3. The molecule has 0 amide bonds. The number of nitrogens with one attached hydrogen (secondary N) is 1. The second-order valence-electron chi connectivity index (χ2n) is 13.9. The van der Waals surface area contributed by atoms with Crippen LogP contribution in [-0.2, 0) is 16.0 Å². The Morgan fingerprint density at radius 3 is 2.26 bits per heavy atom. The molecular formula is C37H45FN4O4. The van der Waals surface area contributed by atoms with E-state index < -0.39 is 17.7 Å². The number of carbonyl (C=O) groups is 1. The van der Waals surface area contributed by atoms with Crippen LogP contribution in [0.25, 0.3) is 22.4 Å². The van der Waals surface area contributed by atoms with Crippen LogP contribution in [0.15, 0.2) is 54.7 Å². The van der Waals surface area contributed by atoms with E-state index in [1.165, 1.54) is 12.1 Å². The van der Waals surface area contributed by atoms with Gasteiger partial charge in [-0.05, 0) is 88.3 Å². The predicted octanol–water partition coefficient (Wildman–Crippen LogP) is 8.08. The lowest BCUT2D eigenvalue weighted by Crippen LogP contribution is -2.39. The number of piperidine rings is 1. The van der Waals surface area contributed by atoms with E-state index in [9.17, 15) is 14.3 Å². The molecule has 0 saturated carbocycles. The van der Waals surface area contributed by atoms with E-state index in [-0.39, 0.29) is 11.2 Å². The maximum Gasteiger partial charge on any atom is 0.337 e. The van der Waals surface area contributed by atoms with Crippen LogP contribution < -0.4 is 9.64 Å². The van der Waals surface area contributed by atoms with E-state index in [4.69, 9.17) is 14.5 Å². The van der Waals surface area contributed by atoms with Crippen LogP contribution in [0.5, 0.6) is 5.75 Å². The number of benzene rings is 2. The van der Waals surface area contributed by atoms with Gasteiger partial charge in [0.25, 0.3) is 0 Å². The number of aliphatic carboxylic acids is 1. The number of carboxylic acid groups (broad SMARTS) is 1. The minimum absolute atomic E-state index is 0.184. The Hall–Kier alpha value is -4.24. The number of hydrogen-bond acceptors (Lipinski definition) is 6. The first kappa shape index (κ1) is 33.1. The molecule has 3 heterocycles. The lowest BCUT2D eigenvalue weighted by molar-refractivity contribution is -0.160. The van der Waals surface area contributed by atoms with Crippen molar-refractivity contribution in [2.24, 2.45) is 5.41 Å². The number of ether oxygens (including phenoxy) is 2. The molecule has 1 aliphatic rings. The smallest absolute Gasteiger partial charge is 0.337 e. The number of aromatic amines is 1. The van der Waals surface area contributed by atoms with Gasteiger partial charge in [-0.1, -0.05) is 38.1 Å². The van der Waals surface area contributed by atoms with E-state index in [0.717, 1.165) is 65.3 Å². The number of H-pyrrole nitrogens is 1. The van der Waals surface area contributed by atoms with E-state index >= 15 is 0 Å². The van der Waals surface area contributed by atoms with Gasteiger partial charge < -0.3 is 19.5 Å². The van der Waals surface area contributed by atoms with E-state index in [1.54, 1.807) is 12.1 Å². The third-order valence-electron chi connectivity index (χ3n) is 8.59. The zero-order valence-corrected chi connectivity index (χ0v) is 27.9. The largest absolute Gasteiger partial charge is 0.493 e. The van der Waals surface area contributed by atoms with Crippen molar-refractivity contribution in [3.8, 4) is 28.1 Å². The molecule has 0 spiro atoms. The number of carboxylic acids is 1. The summed E-state index contributed by atoms with van der Waals surface area (Å²) in [6, 6.07) is 14.3. The molecule has 8 nitrogen and oxygen atoms in total. The molecule has 1 atom stereocenters. The molecule has 9 heteroatoms. The van der Waals surface area contributed by atoms with Crippen molar-refractivity contribution in [2.45, 2.75) is 79.4 Å². The minimum Gasteiger partial charge on any atom is -0.493 e. The first-order valence-electron chi connectivity index (χ1n) is 15.9. The van der Waals surface area contributed by atoms with E-state index in [0.29, 0.717) is 30.0 Å². The van der Waals surface area contributed by atoms with Crippen molar-refractivity contribution in [3.63, 3.8) is 0 Å². The van der Waals surface area contributed by atoms with Gasteiger partial charge in [0.15, 0.2) is 6.10 Å². The molecule has 1 fully saturated rings. The summed E-state index contributed by atoms with van der Waals surface area (Å²) in [5.74, 6) is -0.610. The Labute approximate surface area is 271 Å². The summed E-state index contributed by atoms with van der Waals surface area (Å²) in [5, 5.41) is 17.9. The van der Waals surface area contributed by atoms with Crippen molar-refractivity contribution >= 4 is 11.7 Å². The predicted molar refractivity (Wildman–Crippen MR) is 179 cm³/mol. The maximum absolute atomic E-state index is 13.3. The van der Waals surface area contributed by atoms with E-state index in [2.05, 4.69) is 28.9 Å². The van der Waals surface area contributed by atoms with Gasteiger partial charge in [0.2, 0.25) is 0 Å². The number of aromatic nitrogens is 3. The number of hydrogen-bond donors (Lipinski definition) is 2. The molecule has 0 radical (unpaired) electrons. The molecule has 1 aliphatic heterocycles. The average molecular weight is 629 g/mol. The van der Waals surface area contributed by atoms with Crippen LogP contribution in [0.2, 0.25) is 0 Å². The van der Waals surface area contributed by atoms with Gasteiger partial charge in [0.05, 0.1) is 29.3 Å². The zero-order valence-electron chi connectivity index (χ0n) is 27.9. The molecule has 0 unspecified atom stereocenters. The summed E-state index contributed by atoms with van der Waals surface area (Å²) < 4.78 is 25.6. The van der Waals surface area contributed by atoms with Gasteiger partial charge in [0, 0.05) is 48.1 Å². The van der Waals surface area contributed by atoms with Crippen LogP contribution >= 0.6 is 0 Å². The molecule has 46 heavy (non-hydrogen) atoms. The summed E-state index contributed by atoms with van der Waals surface area (Å²) in [7, 11) is 0. The number of aryl methyl sites for hydroxylation is 2. The van der Waals surface area contributed by atoms with Crippen molar-refractivity contribution in [1.82, 2.24) is 15.2 Å². The molecular weight excluding hydrogens is 583 g/mol. The lowest BCUT2D eigenvalue weighted by atomic mass is 9.81. The van der Waals surface area contributed by atoms with Crippen molar-refractivity contribution in [2.75, 3.05) is 24.6 Å². The van der Waals surface area contributed by atoms with Gasteiger partial charge in [-0.3, -0.25) is 10.1 Å². The fourth-order valence-electron chi connectivity index (χ4n) is 5.99. The monoisotopic (exact) mass is 628 g/mol. The fraction of sp³-hybridized carbons (Fsp3) is 0.432. The minimum atomic E-state index is -1.22. The Kier molecular flexibility index (Phi) is 9.54. The SMILES string of the molecule is Cc1n[nH]cc1-c1nc(C)c([C@H](OC(C)(C)C)C(=O)O)c(N2CCC(C)(C)CC2)c1-c1ccc(OCCc2ccc(F)cc2)cc1. The van der Waals surface area contributed by atoms with Crippen molar-refractivity contribution in [1.29, 1.82) is 0 Å². The molecule has 0 bridgehead atoms. The highest BCUT2D eigenvalue weighted by atomic mass is 19.1. The van der Waals surface area contributed by atoms with Gasteiger partial charge >= 0.3 is 5.97 Å². The highest BCUT2D eigenvalue weighted by Gasteiger charge is 2.37. The van der Waals surface area contributed by atoms with Crippen LogP contribution in [0, 0.1) is 25.1 Å². The number of pyridine rings is 1. The van der Waals surface area contributed by atoms with Gasteiger partial charge in [-0.15, -0.1) is 0 Å². The molecule has 2 aromatic heterocycles. The summed E-state index contributed by atoms with van der Waals surface area (Å²) in [6.45, 7) is 16.0. The summed E-state index contributed by atoms with van der Waals surface area (Å²) >= 11 is 0. The highest BCUT2D eigenvalue weighted by Crippen LogP contribution is 2.47. The van der Waals surface area contributed by atoms with Gasteiger partial charge in [-0.2, -0.15) is 5.10 Å². The topological polar surface area (TPSA) is 101 Å². The zero-order chi connectivity index (χ0) is 33.2. The summed E-state index contributed by atoms with van der Waals surface area (Å²) in [6.07, 6.45) is 3.20. The third-order valence-corrected chi connectivity index (χ3v) is 8.59. The molecule has 5 rings (SSSR count). The Morgan fingerprint density at radius 1 is 1.04 bits per heavy atom. The van der Waals surface area contributed by atoms with E-state index in [1.807, 2.05) is 65.1 Å². The second kappa shape index (κ2) is 13.2. The standard InChI is InChI=1S/C37H45FN4O4/c1-23-29(22-39-41-23)32-31(26-10-14-28(15-11-26)45-21-16-25-8-12-27(38)13-9-25)33(42-19-17-37(6,7)18-20-42)30(24(2)40-32)34(35(43)44)46-36(3,4)5/h8-15,22,34H,16-21H2,1-7H3,(H,39,41)(H,43,44)/t34-/m0/s1. The Bertz CT molecular complexity index is 1660. The summed E-state index contributed by atoms with van der Waals surface area (Å²) in [4.78, 5) is 20.3. The lowest BCUT2D eigenvalue weighted by Gasteiger charge is -2.41. The van der Waals surface area contributed by atoms with Crippen LogP contribution in [0.1, 0.15) is 76.1 Å². The van der Waals surface area contributed by atoms with Crippen molar-refractivity contribution < 1.29 is 23.8 Å². The molecule has 2 N–H and O–H groups in total. The number of halogens is 1. The Balaban J connectivity index is 1.64. The first-order valence-corrected chi connectivity index (χ1v) is 15.9. The third kappa shape index (κ3) is 7.58. The molecule has 0 aliphatic carbocycles. The van der Waals surface area contributed by atoms with Crippen LogP contribution in [0.3, 0.4) is 0 Å². The van der Waals surface area contributed by atoms with Gasteiger partial charge in [0.1, 0.15) is 11.6 Å². The van der Waals surface area contributed by atoms with Gasteiger partial charge in [-0.25, -0.2) is 9.18 Å². The first-order chi connectivity index (χ1) is 21.7. The highest BCUT2D eigenvalue weighted by molar-refractivity contribution is 5.95. The fourth-order valence-corrected chi connectivity index (χ4v) is 5.99. The molecule has 4 aromatic rings. The van der Waals surface area contributed by atoms with Crippen LogP contribution in [-0.4, -0.2) is 51.6 Å². The summed E-state index contributed by atoms with van der Waals surface area (Å²) in [5.41, 5.74) is 6.60.